The molecule has 4 rings (SSSR count). The number of rotatable bonds is 4. The van der Waals surface area contributed by atoms with Crippen LogP contribution in [0.25, 0.3) is 11.1 Å². The summed E-state index contributed by atoms with van der Waals surface area (Å²) < 4.78 is 34.0. The molecule has 8 nitrogen and oxygen atoms in total. The van der Waals surface area contributed by atoms with Crippen molar-refractivity contribution in [3.8, 4) is 45.6 Å². The van der Waals surface area contributed by atoms with Gasteiger partial charge < -0.3 is 38.6 Å². The fraction of sp³-hybridized carbons (Fsp3) is 0.478. The third kappa shape index (κ3) is 3.04. The molecule has 0 radical (unpaired) electrons. The van der Waals surface area contributed by atoms with E-state index in [-0.39, 0.29) is 12.7 Å². The summed E-state index contributed by atoms with van der Waals surface area (Å²) in [6.45, 7) is 3.56. The van der Waals surface area contributed by atoms with Crippen molar-refractivity contribution in [1.82, 2.24) is 0 Å². The van der Waals surface area contributed by atoms with E-state index in [2.05, 4.69) is 0 Å². The summed E-state index contributed by atoms with van der Waals surface area (Å²) in [6.07, 6.45) is -0.764. The zero-order valence-electron chi connectivity index (χ0n) is 18.6. The predicted molar refractivity (Wildman–Crippen MR) is 113 cm³/mol. The molecule has 168 valence electrons. The predicted octanol–water partition coefficient (Wildman–Crippen LogP) is 3.09. The maximum absolute atomic E-state index is 11.3. The number of fused-ring (bicyclic) bond motifs is 4. The zero-order valence-corrected chi connectivity index (χ0v) is 18.6. The van der Waals surface area contributed by atoms with Crippen molar-refractivity contribution in [1.29, 1.82) is 0 Å². The smallest absolute Gasteiger partial charge is 0.231 e. The highest BCUT2D eigenvalue weighted by Gasteiger charge is 2.44. The highest BCUT2D eigenvalue weighted by atomic mass is 16.7. The summed E-state index contributed by atoms with van der Waals surface area (Å²) >= 11 is 0. The van der Waals surface area contributed by atoms with Crippen molar-refractivity contribution < 1.29 is 38.6 Å². The van der Waals surface area contributed by atoms with Crippen molar-refractivity contribution in [3.05, 3.63) is 23.3 Å². The first kappa shape index (κ1) is 21.4. The van der Waals surface area contributed by atoms with E-state index < -0.39 is 11.7 Å². The van der Waals surface area contributed by atoms with Gasteiger partial charge in [-0.3, -0.25) is 0 Å². The lowest BCUT2D eigenvalue weighted by Crippen LogP contribution is -2.41. The van der Waals surface area contributed by atoms with Crippen LogP contribution in [0.3, 0.4) is 0 Å². The zero-order chi connectivity index (χ0) is 22.5. The molecule has 3 atom stereocenters. The number of benzene rings is 2. The Morgan fingerprint density at radius 1 is 0.935 bits per heavy atom. The summed E-state index contributed by atoms with van der Waals surface area (Å²) in [7, 11) is 6.17. The van der Waals surface area contributed by atoms with E-state index in [0.717, 1.165) is 5.56 Å². The van der Waals surface area contributed by atoms with Gasteiger partial charge in [-0.05, 0) is 42.5 Å². The molecule has 2 aromatic carbocycles. The molecule has 2 aromatic rings. The van der Waals surface area contributed by atoms with E-state index in [1.807, 2.05) is 13.0 Å². The minimum atomic E-state index is -1.43. The summed E-state index contributed by atoms with van der Waals surface area (Å²) in [5.74, 6) is 2.34. The van der Waals surface area contributed by atoms with Crippen LogP contribution in [-0.4, -0.2) is 51.0 Å². The molecule has 0 aromatic heterocycles. The van der Waals surface area contributed by atoms with Crippen LogP contribution in [0.4, 0.5) is 0 Å². The SMILES string of the molecule is COc1cc2c(c(OC)c1OC)-c1c(cc3c(c1OC)OCO3)[C@@H](O)[C@](C)(O)[C@H](C)C2. The van der Waals surface area contributed by atoms with Crippen LogP contribution in [-0.2, 0) is 6.42 Å². The third-order valence-electron chi connectivity index (χ3n) is 6.39. The molecule has 2 N–H and O–H groups in total. The third-order valence-corrected chi connectivity index (χ3v) is 6.39. The van der Waals surface area contributed by atoms with E-state index in [1.165, 1.54) is 14.2 Å². The Kier molecular flexibility index (Phi) is 5.31. The standard InChI is InChI=1S/C23H28O8/c1-11-7-12-8-14(26-3)18(27-4)20(28-5)16(12)17-13(22(24)23(11,2)25)9-15-19(21(17)29-6)31-10-30-15/h8-9,11,22,24-25H,7,10H2,1-6H3/t11-,22-,23-/m1/s1. The topological polar surface area (TPSA) is 95.8 Å². The molecule has 1 aliphatic heterocycles. The highest BCUT2D eigenvalue weighted by molar-refractivity contribution is 5.89. The van der Waals surface area contributed by atoms with Gasteiger partial charge in [-0.25, -0.2) is 0 Å². The highest BCUT2D eigenvalue weighted by Crippen LogP contribution is 2.58. The van der Waals surface area contributed by atoms with Crippen LogP contribution in [0.15, 0.2) is 12.1 Å². The normalized spacial score (nSPS) is 23.9. The van der Waals surface area contributed by atoms with E-state index in [4.69, 9.17) is 28.4 Å². The van der Waals surface area contributed by atoms with Gasteiger partial charge in [0.1, 0.15) is 6.10 Å². The second kappa shape index (κ2) is 7.69. The van der Waals surface area contributed by atoms with Crippen LogP contribution in [0.1, 0.15) is 31.1 Å². The maximum atomic E-state index is 11.3. The molecular formula is C23H28O8. The lowest BCUT2D eigenvalue weighted by atomic mass is 9.73. The van der Waals surface area contributed by atoms with Gasteiger partial charge in [0.2, 0.25) is 18.3 Å². The van der Waals surface area contributed by atoms with Crippen LogP contribution in [0.2, 0.25) is 0 Å². The van der Waals surface area contributed by atoms with Crippen LogP contribution >= 0.6 is 0 Å². The van der Waals surface area contributed by atoms with Gasteiger partial charge in [0.15, 0.2) is 23.0 Å². The molecule has 1 heterocycles. The number of hydrogen-bond acceptors (Lipinski definition) is 8. The van der Waals surface area contributed by atoms with E-state index in [9.17, 15) is 10.2 Å². The average molecular weight is 432 g/mol. The fourth-order valence-corrected chi connectivity index (χ4v) is 4.46. The second-order valence-electron chi connectivity index (χ2n) is 8.02. The fourth-order valence-electron chi connectivity index (χ4n) is 4.46. The number of aliphatic hydroxyl groups is 2. The lowest BCUT2D eigenvalue weighted by molar-refractivity contribution is -0.0988. The molecule has 0 bridgehead atoms. The van der Waals surface area contributed by atoms with Gasteiger partial charge in [-0.15, -0.1) is 0 Å². The Balaban J connectivity index is 2.18. The minimum absolute atomic E-state index is 0.0351. The molecule has 31 heavy (non-hydrogen) atoms. The molecule has 8 heteroatoms. The van der Waals surface area contributed by atoms with Crippen molar-refractivity contribution >= 4 is 0 Å². The van der Waals surface area contributed by atoms with E-state index in [0.29, 0.717) is 57.6 Å². The van der Waals surface area contributed by atoms with Crippen molar-refractivity contribution in [2.75, 3.05) is 35.2 Å². The Morgan fingerprint density at radius 3 is 2.23 bits per heavy atom. The van der Waals surface area contributed by atoms with Crippen LogP contribution < -0.4 is 28.4 Å². The van der Waals surface area contributed by atoms with Gasteiger partial charge in [-0.1, -0.05) is 6.92 Å². The summed E-state index contributed by atoms with van der Waals surface area (Å²) in [6, 6.07) is 3.56. The van der Waals surface area contributed by atoms with Crippen molar-refractivity contribution in [3.63, 3.8) is 0 Å². The molecule has 0 fully saturated rings. The Labute approximate surface area is 181 Å². The van der Waals surface area contributed by atoms with Gasteiger partial charge in [0, 0.05) is 11.1 Å². The monoisotopic (exact) mass is 432 g/mol. The number of aliphatic hydroxyl groups excluding tert-OH is 1. The number of hydrogen-bond donors (Lipinski definition) is 2. The first-order valence-corrected chi connectivity index (χ1v) is 10.0. The quantitative estimate of drug-likeness (QED) is 0.761. The second-order valence-corrected chi connectivity index (χ2v) is 8.02. The average Bonchev–Trinajstić information content (AvgIpc) is 3.24. The largest absolute Gasteiger partial charge is 0.493 e. The number of methoxy groups -OCH3 is 4. The minimum Gasteiger partial charge on any atom is -0.493 e. The van der Waals surface area contributed by atoms with Gasteiger partial charge in [-0.2, -0.15) is 0 Å². The molecule has 0 saturated heterocycles. The van der Waals surface area contributed by atoms with Gasteiger partial charge in [0.25, 0.3) is 0 Å². The molecule has 1 aliphatic carbocycles. The Morgan fingerprint density at radius 2 is 1.61 bits per heavy atom. The molecule has 0 amide bonds. The first-order chi connectivity index (χ1) is 14.8. The summed E-state index contributed by atoms with van der Waals surface area (Å²) in [5, 5.41) is 22.6. The Bertz CT molecular complexity index is 1010. The lowest BCUT2D eigenvalue weighted by Gasteiger charge is -2.39. The van der Waals surface area contributed by atoms with Crippen molar-refractivity contribution in [2.45, 2.75) is 32.0 Å². The maximum Gasteiger partial charge on any atom is 0.231 e. The van der Waals surface area contributed by atoms with E-state index >= 15 is 0 Å². The van der Waals surface area contributed by atoms with Crippen LogP contribution in [0.5, 0.6) is 34.5 Å². The summed E-state index contributed by atoms with van der Waals surface area (Å²) in [5.41, 5.74) is 1.12. The van der Waals surface area contributed by atoms with Gasteiger partial charge in [0.05, 0.1) is 34.0 Å². The molecular weight excluding hydrogens is 404 g/mol. The molecule has 0 spiro atoms. The summed E-state index contributed by atoms with van der Waals surface area (Å²) in [4.78, 5) is 0. The number of ether oxygens (including phenoxy) is 6. The first-order valence-electron chi connectivity index (χ1n) is 10.0. The van der Waals surface area contributed by atoms with Crippen molar-refractivity contribution in [2.24, 2.45) is 5.92 Å². The van der Waals surface area contributed by atoms with Crippen LogP contribution in [0, 0.1) is 5.92 Å². The molecule has 0 unspecified atom stereocenters. The van der Waals surface area contributed by atoms with E-state index in [1.54, 1.807) is 27.2 Å². The molecule has 0 saturated carbocycles. The Hall–Kier alpha value is -2.84. The van der Waals surface area contributed by atoms with Gasteiger partial charge >= 0.3 is 0 Å². The molecule has 2 aliphatic rings.